The Balaban J connectivity index is 1.58. The van der Waals surface area contributed by atoms with Gasteiger partial charge in [-0.25, -0.2) is 8.78 Å². The number of fused-ring (bicyclic) bond motifs is 4. The summed E-state index contributed by atoms with van der Waals surface area (Å²) in [6, 6.07) is 11.5. The molecule has 9 nitrogen and oxygen atoms in total. The van der Waals surface area contributed by atoms with Crippen LogP contribution in [0.5, 0.6) is 5.75 Å². The number of nitrogens with one attached hydrogen (secondary N) is 1. The summed E-state index contributed by atoms with van der Waals surface area (Å²) in [6.07, 6.45) is 5.10. The second-order valence-electron chi connectivity index (χ2n) is 9.59. The molecule has 0 unspecified atom stereocenters. The highest BCUT2D eigenvalue weighted by atomic mass is 19.1. The second kappa shape index (κ2) is 11.3. The number of amides is 2. The molecule has 208 valence electrons. The highest BCUT2D eigenvalue weighted by Crippen LogP contribution is 2.28. The van der Waals surface area contributed by atoms with Crippen molar-refractivity contribution in [2.75, 3.05) is 25.4 Å². The first-order valence-corrected chi connectivity index (χ1v) is 12.7. The van der Waals surface area contributed by atoms with Gasteiger partial charge in [0.2, 0.25) is 5.43 Å². The molecule has 2 aliphatic rings. The molecule has 2 aliphatic heterocycles. The average Bonchev–Trinajstić information content (AvgIpc) is 3.08. The monoisotopic (exact) mass is 550 g/mol. The van der Waals surface area contributed by atoms with E-state index in [1.165, 1.54) is 16.9 Å². The van der Waals surface area contributed by atoms with E-state index < -0.39 is 28.9 Å². The van der Waals surface area contributed by atoms with Crippen LogP contribution in [-0.2, 0) is 17.9 Å². The first-order valence-electron chi connectivity index (χ1n) is 12.7. The molecule has 2 amide bonds. The lowest BCUT2D eigenvalue weighted by Crippen LogP contribution is -2.59. The van der Waals surface area contributed by atoms with Crippen molar-refractivity contribution in [2.45, 2.75) is 32.2 Å². The fourth-order valence-electron chi connectivity index (χ4n) is 4.75. The van der Waals surface area contributed by atoms with Crippen LogP contribution in [-0.4, -0.2) is 53.9 Å². The minimum atomic E-state index is -0.826. The fourth-order valence-corrected chi connectivity index (χ4v) is 4.75. The highest BCUT2D eigenvalue weighted by molar-refractivity contribution is 5.99. The number of carbonyl (C=O) groups excluding carboxylic acids is 2. The molecule has 3 heterocycles. The summed E-state index contributed by atoms with van der Waals surface area (Å²) >= 11 is 0. The van der Waals surface area contributed by atoms with Crippen molar-refractivity contribution in [2.24, 2.45) is 0 Å². The normalized spacial score (nSPS) is 17.9. The molecule has 0 radical (unpaired) electrons. The Morgan fingerprint density at radius 2 is 1.88 bits per heavy atom. The van der Waals surface area contributed by atoms with Crippen LogP contribution in [0.3, 0.4) is 0 Å². The van der Waals surface area contributed by atoms with E-state index in [0.717, 1.165) is 11.6 Å². The standard InChI is InChI=1S/C29H28F2N4O5/c1-18-8-11-22(16-39-2)35-17-33(18)29(38)25-27(40-15-19-6-4-3-5-7-19)26(36)23(14-34(25)35)28(37)32-13-20-9-10-21(30)12-24(20)31/h3-12,14,18,22H,13,15-17H2,1-2H3,(H,32,37)/t18-,22-/m0/s1. The Bertz CT molecular complexity index is 1520. The third-order valence-electron chi connectivity index (χ3n) is 6.93. The van der Waals surface area contributed by atoms with Crippen molar-refractivity contribution in [1.82, 2.24) is 14.9 Å². The van der Waals surface area contributed by atoms with Gasteiger partial charge in [-0.05, 0) is 18.6 Å². The summed E-state index contributed by atoms with van der Waals surface area (Å²) in [5, 5.41) is 4.33. The van der Waals surface area contributed by atoms with Gasteiger partial charge in [0.1, 0.15) is 30.5 Å². The van der Waals surface area contributed by atoms with Crippen molar-refractivity contribution >= 4 is 11.8 Å². The van der Waals surface area contributed by atoms with Crippen molar-refractivity contribution in [3.63, 3.8) is 0 Å². The Morgan fingerprint density at radius 3 is 2.60 bits per heavy atom. The first kappa shape index (κ1) is 27.1. The molecule has 2 aromatic carbocycles. The summed E-state index contributed by atoms with van der Waals surface area (Å²) in [4.78, 5) is 42.3. The molecule has 5 rings (SSSR count). The average molecular weight is 551 g/mol. The van der Waals surface area contributed by atoms with Gasteiger partial charge >= 0.3 is 0 Å². The van der Waals surface area contributed by atoms with Gasteiger partial charge in [-0.2, -0.15) is 0 Å². The SMILES string of the molecule is COC[C@@H]1C=C[C@H](C)N2CN1n1cc(C(=O)NCc3ccc(F)cc3F)c(=O)c(OCc3ccccc3)c1C2=O. The van der Waals surface area contributed by atoms with E-state index in [-0.39, 0.29) is 61.1 Å². The number of benzene rings is 2. The van der Waals surface area contributed by atoms with Gasteiger partial charge in [-0.1, -0.05) is 48.6 Å². The number of halogens is 2. The molecular formula is C29H28F2N4O5. The van der Waals surface area contributed by atoms with Crippen LogP contribution < -0.4 is 20.5 Å². The molecule has 1 aromatic heterocycles. The van der Waals surface area contributed by atoms with Gasteiger partial charge < -0.3 is 19.7 Å². The maximum Gasteiger partial charge on any atom is 0.278 e. The Kier molecular flexibility index (Phi) is 7.65. The highest BCUT2D eigenvalue weighted by Gasteiger charge is 2.40. The summed E-state index contributed by atoms with van der Waals surface area (Å²) < 4.78 is 40.3. The van der Waals surface area contributed by atoms with Crippen LogP contribution in [0.15, 0.2) is 71.7 Å². The Hall–Kier alpha value is -4.51. The van der Waals surface area contributed by atoms with Crippen LogP contribution in [0.4, 0.5) is 8.78 Å². The van der Waals surface area contributed by atoms with E-state index in [1.54, 1.807) is 12.0 Å². The molecule has 0 saturated carbocycles. The third-order valence-corrected chi connectivity index (χ3v) is 6.93. The van der Waals surface area contributed by atoms with Gasteiger partial charge in [0, 0.05) is 37.5 Å². The van der Waals surface area contributed by atoms with Crippen molar-refractivity contribution in [3.05, 3.63) is 111 Å². The smallest absolute Gasteiger partial charge is 0.278 e. The Labute approximate surface area is 229 Å². The zero-order valence-electron chi connectivity index (χ0n) is 22.0. The molecular weight excluding hydrogens is 522 g/mol. The molecule has 11 heteroatoms. The number of hydrogen-bond acceptors (Lipinski definition) is 6. The van der Waals surface area contributed by atoms with Gasteiger partial charge in [-0.3, -0.25) is 24.1 Å². The van der Waals surface area contributed by atoms with Crippen molar-refractivity contribution in [3.8, 4) is 5.75 Å². The van der Waals surface area contributed by atoms with E-state index in [2.05, 4.69) is 5.32 Å². The quantitative estimate of drug-likeness (QED) is 0.434. The number of hydrogen-bond donors (Lipinski definition) is 1. The fraction of sp³-hybridized carbons (Fsp3) is 0.276. The lowest BCUT2D eigenvalue weighted by Gasteiger charge is -2.42. The number of carbonyl (C=O) groups is 2. The maximum atomic E-state index is 14.2. The van der Waals surface area contributed by atoms with Crippen LogP contribution in [0.25, 0.3) is 0 Å². The second-order valence-corrected chi connectivity index (χ2v) is 9.59. The predicted octanol–water partition coefficient (Wildman–Crippen LogP) is 2.96. The number of pyridine rings is 1. The largest absolute Gasteiger partial charge is 0.482 e. The predicted molar refractivity (Wildman–Crippen MR) is 143 cm³/mol. The molecule has 1 N–H and O–H groups in total. The number of ether oxygens (including phenoxy) is 2. The zero-order chi connectivity index (χ0) is 28.4. The number of aromatic nitrogens is 1. The minimum absolute atomic E-state index is 0.00929. The van der Waals surface area contributed by atoms with E-state index in [9.17, 15) is 23.2 Å². The summed E-state index contributed by atoms with van der Waals surface area (Å²) in [5.74, 6) is -3.06. The van der Waals surface area contributed by atoms with Crippen LogP contribution in [0, 0.1) is 11.6 Å². The summed E-state index contributed by atoms with van der Waals surface area (Å²) in [7, 11) is 1.56. The first-order chi connectivity index (χ1) is 19.3. The number of nitrogens with zero attached hydrogens (tertiary/aromatic N) is 3. The Morgan fingerprint density at radius 1 is 1.10 bits per heavy atom. The lowest BCUT2D eigenvalue weighted by atomic mass is 10.1. The minimum Gasteiger partial charge on any atom is -0.482 e. The summed E-state index contributed by atoms with van der Waals surface area (Å²) in [6.45, 7) is 2.03. The molecule has 2 atom stereocenters. The van der Waals surface area contributed by atoms with Crippen molar-refractivity contribution in [1.29, 1.82) is 0 Å². The van der Waals surface area contributed by atoms with Gasteiger partial charge in [-0.15, -0.1) is 0 Å². The number of methoxy groups -OCH3 is 1. The molecule has 0 spiro atoms. The maximum absolute atomic E-state index is 14.2. The van der Waals surface area contributed by atoms with E-state index in [1.807, 2.05) is 54.4 Å². The molecule has 0 aliphatic carbocycles. The molecule has 40 heavy (non-hydrogen) atoms. The number of rotatable bonds is 8. The van der Waals surface area contributed by atoms with Gasteiger partial charge in [0.25, 0.3) is 11.8 Å². The van der Waals surface area contributed by atoms with Crippen molar-refractivity contribution < 1.29 is 27.8 Å². The molecule has 3 aromatic rings. The lowest BCUT2D eigenvalue weighted by molar-refractivity contribution is 0.0634. The topological polar surface area (TPSA) is 93.1 Å². The van der Waals surface area contributed by atoms with Crippen LogP contribution in [0.1, 0.15) is 38.9 Å². The molecule has 2 bridgehead atoms. The van der Waals surface area contributed by atoms with Gasteiger partial charge in [0.05, 0.1) is 12.6 Å². The molecule has 0 fully saturated rings. The van der Waals surface area contributed by atoms with E-state index >= 15 is 0 Å². The van der Waals surface area contributed by atoms with Crippen LogP contribution in [0.2, 0.25) is 0 Å². The van der Waals surface area contributed by atoms with E-state index in [4.69, 9.17) is 9.47 Å². The third kappa shape index (κ3) is 5.20. The summed E-state index contributed by atoms with van der Waals surface area (Å²) in [5.41, 5.74) is -0.280. The van der Waals surface area contributed by atoms with Crippen LogP contribution >= 0.6 is 0 Å². The zero-order valence-corrected chi connectivity index (χ0v) is 22.0. The molecule has 0 saturated heterocycles. The van der Waals surface area contributed by atoms with Gasteiger partial charge in [0.15, 0.2) is 11.4 Å². The van der Waals surface area contributed by atoms with E-state index in [0.29, 0.717) is 6.07 Å².